The molecule has 0 aromatic carbocycles. The van der Waals surface area contributed by atoms with E-state index in [1.807, 2.05) is 10.8 Å². The van der Waals surface area contributed by atoms with Crippen molar-refractivity contribution in [3.8, 4) is 35.5 Å². The molecule has 7 heteroatoms. The molecule has 3 heterocycles. The minimum atomic E-state index is -0.601. The van der Waals surface area contributed by atoms with Gasteiger partial charge in [-0.2, -0.15) is 0 Å². The molecule has 1 atom stereocenters. The highest BCUT2D eigenvalue weighted by molar-refractivity contribution is 5.72. The Morgan fingerprint density at radius 2 is 1.76 bits per heavy atom. The number of carbonyl (C=O) groups excluding carboxylic acids is 1. The predicted octanol–water partition coefficient (Wildman–Crippen LogP) is 2.97. The molecule has 0 bridgehead atoms. The predicted molar refractivity (Wildman–Crippen MR) is 106 cm³/mol. The first-order chi connectivity index (χ1) is 13.9. The van der Waals surface area contributed by atoms with Crippen molar-refractivity contribution in [3.05, 3.63) is 36.4 Å². The Labute approximate surface area is 170 Å². The Hall–Kier alpha value is -3.47. The average molecular weight is 390 g/mol. The van der Waals surface area contributed by atoms with Gasteiger partial charge in [0.05, 0.1) is 0 Å². The van der Waals surface area contributed by atoms with E-state index in [4.69, 9.17) is 9.47 Å². The van der Waals surface area contributed by atoms with E-state index in [1.165, 1.54) is 17.0 Å². The van der Waals surface area contributed by atoms with Gasteiger partial charge in [-0.3, -0.25) is 4.57 Å². The maximum absolute atomic E-state index is 12.1. The minimum absolute atomic E-state index is 0.0185. The molecular formula is C22H22N4O3. The van der Waals surface area contributed by atoms with Gasteiger partial charge < -0.3 is 9.47 Å². The number of imidazole rings is 2. The fraction of sp³-hybridized carbons (Fsp3) is 0.409. The summed E-state index contributed by atoms with van der Waals surface area (Å²) in [6.45, 7) is 6.14. The van der Waals surface area contributed by atoms with E-state index >= 15 is 0 Å². The number of hydrogen-bond acceptors (Lipinski definition) is 5. The molecule has 0 aliphatic carbocycles. The average Bonchev–Trinajstić information content (AvgIpc) is 3.33. The first kappa shape index (κ1) is 20.3. The van der Waals surface area contributed by atoms with Crippen LogP contribution in [0, 0.1) is 35.5 Å². The lowest BCUT2D eigenvalue weighted by molar-refractivity contribution is -0.0324. The third-order valence-corrected chi connectivity index (χ3v) is 3.90. The Balaban J connectivity index is 1.66. The van der Waals surface area contributed by atoms with Crippen molar-refractivity contribution in [2.75, 3.05) is 6.61 Å². The zero-order valence-corrected chi connectivity index (χ0v) is 16.7. The lowest BCUT2D eigenvalue weighted by atomic mass is 10.2. The summed E-state index contributed by atoms with van der Waals surface area (Å²) in [5.41, 5.74) is -0.601. The smallest absolute Gasteiger partial charge is 0.420 e. The van der Waals surface area contributed by atoms with Crippen LogP contribution in [0.1, 0.15) is 57.9 Å². The minimum Gasteiger partial charge on any atom is -0.443 e. The monoisotopic (exact) mass is 390 g/mol. The van der Waals surface area contributed by atoms with E-state index in [1.54, 1.807) is 27.0 Å². The van der Waals surface area contributed by atoms with Gasteiger partial charge >= 0.3 is 6.09 Å². The molecule has 1 unspecified atom stereocenters. The summed E-state index contributed by atoms with van der Waals surface area (Å²) in [6, 6.07) is 0. The van der Waals surface area contributed by atoms with Crippen LogP contribution in [-0.4, -0.2) is 37.4 Å². The van der Waals surface area contributed by atoms with Crippen LogP contribution < -0.4 is 0 Å². The molecule has 1 aliphatic heterocycles. The SMILES string of the molecule is CC(C)(C)OC(=O)n1ccnc1C#CC#CC#Cc1nccn1C1CCCCO1. The van der Waals surface area contributed by atoms with Crippen molar-refractivity contribution in [3.63, 3.8) is 0 Å². The summed E-state index contributed by atoms with van der Waals surface area (Å²) in [7, 11) is 0. The van der Waals surface area contributed by atoms with Gasteiger partial charge in [-0.05, 0) is 75.6 Å². The summed E-state index contributed by atoms with van der Waals surface area (Å²) in [6.07, 6.45) is 9.15. The van der Waals surface area contributed by atoms with E-state index in [0.29, 0.717) is 5.82 Å². The summed E-state index contributed by atoms with van der Waals surface area (Å²) >= 11 is 0. The second kappa shape index (κ2) is 9.15. The third-order valence-electron chi connectivity index (χ3n) is 3.90. The fourth-order valence-corrected chi connectivity index (χ4v) is 2.68. The van der Waals surface area contributed by atoms with E-state index in [9.17, 15) is 4.79 Å². The van der Waals surface area contributed by atoms with E-state index in [0.717, 1.165) is 25.9 Å². The molecule has 0 spiro atoms. The summed E-state index contributed by atoms with van der Waals surface area (Å²) < 4.78 is 14.2. The lowest BCUT2D eigenvalue weighted by Gasteiger charge is -2.24. The van der Waals surface area contributed by atoms with E-state index in [-0.39, 0.29) is 12.1 Å². The Bertz CT molecular complexity index is 1050. The molecule has 29 heavy (non-hydrogen) atoms. The van der Waals surface area contributed by atoms with Gasteiger partial charge in [0.15, 0.2) is 11.6 Å². The van der Waals surface area contributed by atoms with Crippen LogP contribution in [0.2, 0.25) is 0 Å². The van der Waals surface area contributed by atoms with Crippen molar-refractivity contribution in [1.29, 1.82) is 0 Å². The molecule has 1 fully saturated rings. The van der Waals surface area contributed by atoms with Crippen molar-refractivity contribution >= 4 is 6.09 Å². The zero-order chi connectivity index (χ0) is 20.7. The van der Waals surface area contributed by atoms with Gasteiger partial charge in [0.1, 0.15) is 11.8 Å². The largest absolute Gasteiger partial charge is 0.443 e. The first-order valence-electron chi connectivity index (χ1n) is 9.37. The van der Waals surface area contributed by atoms with Crippen molar-refractivity contribution < 1.29 is 14.3 Å². The molecule has 148 valence electrons. The number of ether oxygens (including phenoxy) is 2. The number of rotatable bonds is 1. The number of aromatic nitrogens is 4. The lowest BCUT2D eigenvalue weighted by Crippen LogP contribution is -2.27. The van der Waals surface area contributed by atoms with Crippen LogP contribution in [0.4, 0.5) is 4.79 Å². The molecule has 1 aliphatic rings. The van der Waals surface area contributed by atoms with Gasteiger partial charge in [0.25, 0.3) is 0 Å². The van der Waals surface area contributed by atoms with Crippen molar-refractivity contribution in [2.24, 2.45) is 0 Å². The quantitative estimate of drug-likeness (QED) is 0.700. The molecule has 2 aromatic rings. The van der Waals surface area contributed by atoms with Gasteiger partial charge in [0, 0.05) is 31.4 Å². The maximum Gasteiger partial charge on any atom is 0.420 e. The standard InChI is InChI=1S/C22H22N4O3/c1-22(2,3)29-21(27)26-16-14-24-19(26)11-7-5-4-6-10-18-23-13-15-25(18)20-12-8-9-17-28-20/h13-16,20H,8-9,12,17H2,1-3H3. The van der Waals surface area contributed by atoms with E-state index < -0.39 is 11.7 Å². The fourth-order valence-electron chi connectivity index (χ4n) is 2.68. The molecule has 0 saturated carbocycles. The van der Waals surface area contributed by atoms with Crippen LogP contribution in [0.25, 0.3) is 0 Å². The van der Waals surface area contributed by atoms with Crippen LogP contribution in [0.5, 0.6) is 0 Å². The maximum atomic E-state index is 12.1. The second-order valence-corrected chi connectivity index (χ2v) is 7.33. The van der Waals surface area contributed by atoms with Gasteiger partial charge in [-0.25, -0.2) is 19.3 Å². The molecule has 0 amide bonds. The zero-order valence-electron chi connectivity index (χ0n) is 16.7. The normalized spacial score (nSPS) is 15.8. The Morgan fingerprint density at radius 3 is 2.45 bits per heavy atom. The topological polar surface area (TPSA) is 71.2 Å². The summed E-state index contributed by atoms with van der Waals surface area (Å²) in [5.74, 6) is 17.2. The van der Waals surface area contributed by atoms with Crippen molar-refractivity contribution in [2.45, 2.75) is 51.9 Å². The van der Waals surface area contributed by atoms with Gasteiger partial charge in [-0.1, -0.05) is 0 Å². The molecule has 3 rings (SSSR count). The molecule has 1 saturated heterocycles. The Morgan fingerprint density at radius 1 is 1.07 bits per heavy atom. The molecule has 2 aromatic heterocycles. The highest BCUT2D eigenvalue weighted by Gasteiger charge is 2.19. The van der Waals surface area contributed by atoms with Crippen molar-refractivity contribution in [1.82, 2.24) is 19.1 Å². The summed E-state index contributed by atoms with van der Waals surface area (Å²) in [4.78, 5) is 20.4. The number of carbonyl (C=O) groups is 1. The molecule has 7 nitrogen and oxygen atoms in total. The van der Waals surface area contributed by atoms with E-state index in [2.05, 4.69) is 45.5 Å². The number of hydrogen-bond donors (Lipinski definition) is 0. The van der Waals surface area contributed by atoms with Gasteiger partial charge in [-0.15, -0.1) is 0 Å². The number of nitrogens with zero attached hydrogens (tertiary/aromatic N) is 4. The van der Waals surface area contributed by atoms with Crippen LogP contribution in [0.15, 0.2) is 24.8 Å². The first-order valence-corrected chi connectivity index (χ1v) is 9.37. The molecule has 0 radical (unpaired) electrons. The molecular weight excluding hydrogens is 368 g/mol. The highest BCUT2D eigenvalue weighted by atomic mass is 16.6. The highest BCUT2D eigenvalue weighted by Crippen LogP contribution is 2.23. The second-order valence-electron chi connectivity index (χ2n) is 7.33. The van der Waals surface area contributed by atoms with Gasteiger partial charge in [0.2, 0.25) is 0 Å². The van der Waals surface area contributed by atoms with Crippen LogP contribution in [-0.2, 0) is 9.47 Å². The van der Waals surface area contributed by atoms with Crippen LogP contribution in [0.3, 0.4) is 0 Å². The third kappa shape index (κ3) is 5.75. The Kier molecular flexibility index (Phi) is 6.39. The molecule has 0 N–H and O–H groups in total. The summed E-state index contributed by atoms with van der Waals surface area (Å²) in [5, 5.41) is 0. The van der Waals surface area contributed by atoms with Crippen LogP contribution >= 0.6 is 0 Å².